The van der Waals surface area contributed by atoms with Crippen LogP contribution in [0.25, 0.3) is 0 Å². The highest BCUT2D eigenvalue weighted by Gasteiger charge is 2.13. The average molecular weight is 183 g/mol. The molecule has 76 valence electrons. The fraction of sp³-hybridized carbons (Fsp3) is 0.700. The van der Waals surface area contributed by atoms with Crippen molar-refractivity contribution in [3.63, 3.8) is 0 Å². The van der Waals surface area contributed by atoms with Crippen molar-refractivity contribution < 1.29 is 0 Å². The van der Waals surface area contributed by atoms with Gasteiger partial charge in [-0.3, -0.25) is 5.10 Å². The lowest BCUT2D eigenvalue weighted by Gasteiger charge is -2.20. The molecule has 3 nitrogen and oxygen atoms in total. The Hall–Kier alpha value is -0.830. The van der Waals surface area contributed by atoms with E-state index < -0.39 is 0 Å². The lowest BCUT2D eigenvalue weighted by molar-refractivity contribution is 0.311. The minimum absolute atomic E-state index is 0. The number of fused-ring (bicyclic) bond motifs is 1. The monoisotopic (exact) mass is 183 g/mol. The summed E-state index contributed by atoms with van der Waals surface area (Å²) in [6, 6.07) is 0. The van der Waals surface area contributed by atoms with Gasteiger partial charge in [-0.25, -0.2) is 0 Å². The molecule has 0 bridgehead atoms. The van der Waals surface area contributed by atoms with E-state index in [2.05, 4.69) is 22.1 Å². The van der Waals surface area contributed by atoms with Gasteiger partial charge in [0.2, 0.25) is 0 Å². The Balaban J connectivity index is 0.000000451. The molecule has 0 saturated heterocycles. The molecule has 1 aromatic rings. The Kier molecular flexibility index (Phi) is 5.39. The van der Waals surface area contributed by atoms with E-state index in [0.29, 0.717) is 0 Å². The Morgan fingerprint density at radius 1 is 1.46 bits per heavy atom. The summed E-state index contributed by atoms with van der Waals surface area (Å²) in [4.78, 5) is 2.30. The zero-order chi connectivity index (χ0) is 8.97. The van der Waals surface area contributed by atoms with E-state index in [1.807, 2.05) is 20.0 Å². The molecule has 0 radical (unpaired) electrons. The first-order valence-corrected chi connectivity index (χ1v) is 4.56. The molecule has 0 fully saturated rings. The maximum atomic E-state index is 3.99. The van der Waals surface area contributed by atoms with E-state index in [1.54, 1.807) is 0 Å². The normalized spacial score (nSPS) is 15.0. The highest BCUT2D eigenvalue weighted by Crippen LogP contribution is 2.13. The number of nitrogens with one attached hydrogen (secondary N) is 1. The van der Waals surface area contributed by atoms with Crippen LogP contribution in [-0.2, 0) is 13.0 Å². The molecule has 3 heteroatoms. The van der Waals surface area contributed by atoms with Gasteiger partial charge in [0.25, 0.3) is 0 Å². The number of aromatic nitrogens is 2. The summed E-state index contributed by atoms with van der Waals surface area (Å²) in [5.74, 6) is 0. The van der Waals surface area contributed by atoms with Gasteiger partial charge in [0.1, 0.15) is 0 Å². The Bertz CT molecular complexity index is 230. The van der Waals surface area contributed by atoms with Crippen LogP contribution in [0.15, 0.2) is 6.20 Å². The molecule has 1 N–H and O–H groups in total. The highest BCUT2D eigenvalue weighted by atomic mass is 15.2. The minimum atomic E-state index is 0. The van der Waals surface area contributed by atoms with Crippen molar-refractivity contribution in [3.05, 3.63) is 17.5 Å². The van der Waals surface area contributed by atoms with Gasteiger partial charge >= 0.3 is 0 Å². The van der Waals surface area contributed by atoms with Crippen molar-refractivity contribution in [1.82, 2.24) is 15.1 Å². The van der Waals surface area contributed by atoms with Crippen LogP contribution in [0.3, 0.4) is 0 Å². The fourth-order valence-corrected chi connectivity index (χ4v) is 1.36. The lowest BCUT2D eigenvalue weighted by Crippen LogP contribution is -2.25. The van der Waals surface area contributed by atoms with E-state index in [1.165, 1.54) is 11.3 Å². The number of rotatable bonds is 0. The predicted octanol–water partition coefficient (Wildman–Crippen LogP) is 2.06. The van der Waals surface area contributed by atoms with Crippen LogP contribution in [0.4, 0.5) is 0 Å². The van der Waals surface area contributed by atoms with E-state index >= 15 is 0 Å². The zero-order valence-electron chi connectivity index (χ0n) is 8.09. The van der Waals surface area contributed by atoms with Crippen LogP contribution in [0, 0.1) is 0 Å². The summed E-state index contributed by atoms with van der Waals surface area (Å²) in [7, 11) is 2.13. The molecule has 0 unspecified atom stereocenters. The number of H-pyrrole nitrogens is 1. The van der Waals surface area contributed by atoms with Crippen molar-refractivity contribution in [2.24, 2.45) is 0 Å². The summed E-state index contributed by atoms with van der Waals surface area (Å²) in [5.41, 5.74) is 2.67. The second kappa shape index (κ2) is 5.75. The van der Waals surface area contributed by atoms with E-state index in [0.717, 1.165) is 19.5 Å². The molecular weight excluding hydrogens is 162 g/mol. The van der Waals surface area contributed by atoms with Gasteiger partial charge in [-0.05, 0) is 7.05 Å². The summed E-state index contributed by atoms with van der Waals surface area (Å²) in [5, 5.41) is 6.99. The second-order valence-electron chi connectivity index (χ2n) is 2.86. The summed E-state index contributed by atoms with van der Waals surface area (Å²) in [6.07, 6.45) is 3.04. The Morgan fingerprint density at radius 2 is 2.15 bits per heavy atom. The zero-order valence-corrected chi connectivity index (χ0v) is 8.09. The van der Waals surface area contributed by atoms with Crippen LogP contribution >= 0.6 is 0 Å². The van der Waals surface area contributed by atoms with Crippen molar-refractivity contribution in [2.75, 3.05) is 13.6 Å². The first kappa shape index (κ1) is 12.2. The lowest BCUT2D eigenvalue weighted by atomic mass is 10.1. The van der Waals surface area contributed by atoms with E-state index in [-0.39, 0.29) is 7.43 Å². The molecule has 0 atom stereocenters. The van der Waals surface area contributed by atoms with Crippen molar-refractivity contribution in [2.45, 2.75) is 34.2 Å². The third-order valence-electron chi connectivity index (χ3n) is 1.99. The van der Waals surface area contributed by atoms with E-state index in [4.69, 9.17) is 0 Å². The van der Waals surface area contributed by atoms with Gasteiger partial charge in [-0.2, -0.15) is 5.10 Å². The largest absolute Gasteiger partial charge is 0.302 e. The van der Waals surface area contributed by atoms with Crippen LogP contribution in [-0.4, -0.2) is 28.7 Å². The molecule has 0 saturated carbocycles. The molecule has 1 aromatic heterocycles. The van der Waals surface area contributed by atoms with Crippen LogP contribution < -0.4 is 0 Å². The number of aromatic amines is 1. The summed E-state index contributed by atoms with van der Waals surface area (Å²) < 4.78 is 0. The molecule has 0 aromatic carbocycles. The van der Waals surface area contributed by atoms with Crippen molar-refractivity contribution in [1.29, 1.82) is 0 Å². The SMILES string of the molecule is C.CC.CN1CCc2[nH]ncc2C1. The average Bonchev–Trinajstić information content (AvgIpc) is 2.54. The van der Waals surface area contributed by atoms with E-state index in [9.17, 15) is 0 Å². The van der Waals surface area contributed by atoms with Gasteiger partial charge < -0.3 is 4.90 Å². The quantitative estimate of drug-likeness (QED) is 0.667. The molecule has 2 rings (SSSR count). The molecule has 0 amide bonds. The van der Waals surface area contributed by atoms with Crippen LogP contribution in [0.2, 0.25) is 0 Å². The van der Waals surface area contributed by atoms with Crippen molar-refractivity contribution >= 4 is 0 Å². The first-order chi connectivity index (χ1) is 5.86. The molecule has 13 heavy (non-hydrogen) atoms. The summed E-state index contributed by atoms with van der Waals surface area (Å²) in [6.45, 7) is 6.20. The molecule has 0 spiro atoms. The standard InChI is InChI=1S/C7H11N3.C2H6.CH4/c1-10-3-2-7-6(5-10)4-8-9-7;1-2;/h4H,2-3,5H2,1H3,(H,8,9);1-2H3;1H4. The predicted molar refractivity (Wildman–Crippen MR) is 56.7 cm³/mol. The third-order valence-corrected chi connectivity index (χ3v) is 1.99. The van der Waals surface area contributed by atoms with Crippen molar-refractivity contribution in [3.8, 4) is 0 Å². The number of hydrogen-bond donors (Lipinski definition) is 1. The fourth-order valence-electron chi connectivity index (χ4n) is 1.36. The maximum absolute atomic E-state index is 3.99. The van der Waals surface area contributed by atoms with Gasteiger partial charge in [0.15, 0.2) is 0 Å². The Morgan fingerprint density at radius 3 is 2.85 bits per heavy atom. The number of likely N-dealkylation sites (N-methyl/N-ethyl adjacent to an activating group) is 1. The molecule has 0 aliphatic carbocycles. The Labute approximate surface area is 81.1 Å². The molecule has 1 aliphatic rings. The highest BCUT2D eigenvalue weighted by molar-refractivity contribution is 5.18. The van der Waals surface area contributed by atoms with Crippen LogP contribution in [0.1, 0.15) is 32.5 Å². The van der Waals surface area contributed by atoms with Gasteiger partial charge in [-0.15, -0.1) is 0 Å². The molecular formula is C10H21N3. The molecule has 2 heterocycles. The topological polar surface area (TPSA) is 31.9 Å². The van der Waals surface area contributed by atoms with Gasteiger partial charge in [0, 0.05) is 30.8 Å². The van der Waals surface area contributed by atoms with Crippen LogP contribution in [0.5, 0.6) is 0 Å². The smallest absolute Gasteiger partial charge is 0.0535 e. The number of hydrogen-bond acceptors (Lipinski definition) is 2. The minimum Gasteiger partial charge on any atom is -0.302 e. The second-order valence-corrected chi connectivity index (χ2v) is 2.86. The summed E-state index contributed by atoms with van der Waals surface area (Å²) >= 11 is 0. The maximum Gasteiger partial charge on any atom is 0.0535 e. The van der Waals surface area contributed by atoms with Gasteiger partial charge in [0.05, 0.1) is 6.20 Å². The first-order valence-electron chi connectivity index (χ1n) is 4.56. The third kappa shape index (κ3) is 2.84. The van der Waals surface area contributed by atoms with Gasteiger partial charge in [-0.1, -0.05) is 21.3 Å². The number of nitrogens with zero attached hydrogens (tertiary/aromatic N) is 2. The molecule has 1 aliphatic heterocycles.